The molecule has 1 saturated carbocycles. The van der Waals surface area contributed by atoms with E-state index >= 15 is 0 Å². The van der Waals surface area contributed by atoms with Gasteiger partial charge in [0.05, 0.1) is 5.41 Å². The van der Waals surface area contributed by atoms with Crippen molar-refractivity contribution in [2.24, 2.45) is 5.41 Å². The van der Waals surface area contributed by atoms with Crippen LogP contribution in [0.4, 0.5) is 5.69 Å². The number of hydrogen-bond donors (Lipinski definition) is 1. The lowest BCUT2D eigenvalue weighted by Crippen LogP contribution is -2.39. The molecule has 1 aromatic rings. The Hall–Kier alpha value is -1.26. The van der Waals surface area contributed by atoms with Gasteiger partial charge in [-0.1, -0.05) is 18.2 Å². The monoisotopic (exact) mass is 354 g/mol. The fraction of sp³-hybridized carbons (Fsp3) is 0.529. The predicted octanol–water partition coefficient (Wildman–Crippen LogP) is 3.06. The van der Waals surface area contributed by atoms with Crippen LogP contribution in [0.2, 0.25) is 0 Å². The van der Waals surface area contributed by atoms with Crippen LogP contribution in [0.15, 0.2) is 24.3 Å². The Kier molecular flexibility index (Phi) is 4.32. The molecule has 2 amide bonds. The van der Waals surface area contributed by atoms with Gasteiger partial charge in [0, 0.05) is 25.2 Å². The minimum Gasteiger partial charge on any atom is -0.355 e. The molecule has 1 aliphatic carbocycles. The van der Waals surface area contributed by atoms with Crippen LogP contribution in [0.1, 0.15) is 31.7 Å². The number of rotatable bonds is 4. The van der Waals surface area contributed by atoms with Crippen LogP contribution in [-0.2, 0) is 16.0 Å². The number of nitrogens with zero attached hydrogens (tertiary/aromatic N) is 1. The number of hydrogen-bond acceptors (Lipinski definition) is 2. The summed E-state index contributed by atoms with van der Waals surface area (Å²) >= 11 is 12.0. The Balaban J connectivity index is 1.54. The van der Waals surface area contributed by atoms with Crippen molar-refractivity contribution >= 4 is 40.7 Å². The summed E-state index contributed by atoms with van der Waals surface area (Å²) in [7, 11) is 0. The first-order valence-electron chi connectivity index (χ1n) is 7.89. The highest BCUT2D eigenvalue weighted by Gasteiger charge is 2.67. The number of anilines is 1. The molecule has 0 unspecified atom stereocenters. The summed E-state index contributed by atoms with van der Waals surface area (Å²) in [4.78, 5) is 26.4. The van der Waals surface area contributed by atoms with Crippen molar-refractivity contribution in [2.45, 2.75) is 36.9 Å². The summed E-state index contributed by atoms with van der Waals surface area (Å²) in [5.41, 5.74) is 1.46. The largest absolute Gasteiger partial charge is 0.355 e. The normalized spacial score (nSPS) is 24.7. The summed E-state index contributed by atoms with van der Waals surface area (Å²) in [6.45, 7) is 2.77. The van der Waals surface area contributed by atoms with E-state index in [9.17, 15) is 9.59 Å². The third-order valence-corrected chi connectivity index (χ3v) is 5.90. The molecule has 1 aromatic carbocycles. The van der Waals surface area contributed by atoms with Crippen molar-refractivity contribution in [3.05, 3.63) is 29.8 Å². The number of benzene rings is 1. The van der Waals surface area contributed by atoms with Crippen molar-refractivity contribution < 1.29 is 9.59 Å². The Morgan fingerprint density at radius 2 is 2.00 bits per heavy atom. The summed E-state index contributed by atoms with van der Waals surface area (Å²) in [5.74, 6) is -0.157. The van der Waals surface area contributed by atoms with Crippen molar-refractivity contribution in [2.75, 3.05) is 18.0 Å². The molecule has 0 bridgehead atoms. The van der Waals surface area contributed by atoms with Gasteiger partial charge in [-0.25, -0.2) is 0 Å². The Morgan fingerprint density at radius 3 is 2.70 bits per heavy atom. The zero-order chi connectivity index (χ0) is 16.7. The second kappa shape index (κ2) is 5.99. The number of carbonyl (C=O) groups is 2. The molecule has 23 heavy (non-hydrogen) atoms. The van der Waals surface area contributed by atoms with E-state index in [1.54, 1.807) is 6.92 Å². The molecule has 6 heteroatoms. The maximum absolute atomic E-state index is 12.5. The van der Waals surface area contributed by atoms with Gasteiger partial charge in [0.1, 0.15) is 4.33 Å². The highest BCUT2D eigenvalue weighted by Crippen LogP contribution is 2.63. The summed E-state index contributed by atoms with van der Waals surface area (Å²) < 4.78 is -0.979. The Morgan fingerprint density at radius 1 is 1.30 bits per heavy atom. The highest BCUT2D eigenvalue weighted by molar-refractivity contribution is 6.53. The van der Waals surface area contributed by atoms with Crippen molar-refractivity contribution in [1.82, 2.24) is 5.32 Å². The van der Waals surface area contributed by atoms with Gasteiger partial charge in [0.2, 0.25) is 11.8 Å². The van der Waals surface area contributed by atoms with Crippen LogP contribution in [0.25, 0.3) is 0 Å². The standard InChI is InChI=1S/C17H20Cl2N2O2/c1-16(11-17(16,18)19)15(23)20-9-8-14(22)21-10-4-6-12-5-2-3-7-13(12)21/h2-3,5,7H,4,6,8-11H2,1H3,(H,20,23)/t16-/m1/s1. The molecule has 1 fully saturated rings. The Bertz CT molecular complexity index is 647. The number of fused-ring (bicyclic) bond motifs is 1. The Labute approximate surface area is 146 Å². The molecule has 124 valence electrons. The second-order valence-corrected chi connectivity index (χ2v) is 7.98. The molecule has 0 radical (unpaired) electrons. The SMILES string of the molecule is C[C@]1(C(=O)NCCC(=O)N2CCCc3ccccc32)CC1(Cl)Cl. The molecule has 0 spiro atoms. The van der Waals surface area contributed by atoms with E-state index in [0.29, 0.717) is 13.0 Å². The lowest BCUT2D eigenvalue weighted by molar-refractivity contribution is -0.126. The number of carbonyl (C=O) groups excluding carboxylic acids is 2. The second-order valence-electron chi connectivity index (χ2n) is 6.50. The minimum absolute atomic E-state index is 0.0291. The van der Waals surface area contributed by atoms with E-state index in [1.165, 1.54) is 5.56 Å². The zero-order valence-corrected chi connectivity index (χ0v) is 14.6. The van der Waals surface area contributed by atoms with Gasteiger partial charge in [-0.2, -0.15) is 0 Å². The van der Waals surface area contributed by atoms with E-state index in [-0.39, 0.29) is 18.2 Å². The van der Waals surface area contributed by atoms with Crippen molar-refractivity contribution in [3.63, 3.8) is 0 Å². The molecule has 1 aliphatic heterocycles. The number of alkyl halides is 2. The highest BCUT2D eigenvalue weighted by atomic mass is 35.5. The molecule has 1 heterocycles. The zero-order valence-electron chi connectivity index (χ0n) is 13.1. The van der Waals surface area contributed by atoms with E-state index in [2.05, 4.69) is 11.4 Å². The fourth-order valence-corrected chi connectivity index (χ4v) is 3.76. The van der Waals surface area contributed by atoms with E-state index in [4.69, 9.17) is 23.2 Å². The predicted molar refractivity (Wildman–Crippen MR) is 91.9 cm³/mol. The summed E-state index contributed by atoms with van der Waals surface area (Å²) in [6, 6.07) is 7.98. The minimum atomic E-state index is -0.979. The number of amides is 2. The first kappa shape index (κ1) is 16.6. The van der Waals surface area contributed by atoms with E-state index in [1.807, 2.05) is 23.1 Å². The molecule has 1 N–H and O–H groups in total. The average molecular weight is 355 g/mol. The molecule has 3 rings (SSSR count). The van der Waals surface area contributed by atoms with Crippen LogP contribution in [-0.4, -0.2) is 29.2 Å². The van der Waals surface area contributed by atoms with Gasteiger partial charge in [0.25, 0.3) is 0 Å². The van der Waals surface area contributed by atoms with Crippen LogP contribution in [0.5, 0.6) is 0 Å². The fourth-order valence-electron chi connectivity index (χ4n) is 3.05. The summed E-state index contributed by atoms with van der Waals surface area (Å²) in [6.07, 6.45) is 2.69. The van der Waals surface area contributed by atoms with E-state index in [0.717, 1.165) is 25.1 Å². The number of aryl methyl sites for hydroxylation is 1. The van der Waals surface area contributed by atoms with Gasteiger partial charge in [0.15, 0.2) is 0 Å². The van der Waals surface area contributed by atoms with Gasteiger partial charge in [-0.3, -0.25) is 9.59 Å². The van der Waals surface area contributed by atoms with Gasteiger partial charge in [-0.05, 0) is 37.8 Å². The number of para-hydroxylation sites is 1. The van der Waals surface area contributed by atoms with Crippen molar-refractivity contribution in [3.8, 4) is 0 Å². The van der Waals surface area contributed by atoms with Crippen LogP contribution in [0.3, 0.4) is 0 Å². The lowest BCUT2D eigenvalue weighted by atomic mass is 10.0. The van der Waals surface area contributed by atoms with Crippen molar-refractivity contribution in [1.29, 1.82) is 0 Å². The molecule has 4 nitrogen and oxygen atoms in total. The van der Waals surface area contributed by atoms with Gasteiger partial charge < -0.3 is 10.2 Å². The van der Waals surface area contributed by atoms with Crippen LogP contribution in [0, 0.1) is 5.41 Å². The van der Waals surface area contributed by atoms with E-state index < -0.39 is 9.75 Å². The lowest BCUT2D eigenvalue weighted by Gasteiger charge is -2.29. The van der Waals surface area contributed by atoms with Gasteiger partial charge in [-0.15, -0.1) is 23.2 Å². The molecule has 0 aromatic heterocycles. The first-order valence-corrected chi connectivity index (χ1v) is 8.65. The molecular weight excluding hydrogens is 335 g/mol. The number of nitrogens with one attached hydrogen (secondary N) is 1. The first-order chi connectivity index (χ1) is 10.8. The third kappa shape index (κ3) is 3.07. The number of halogens is 2. The molecule has 1 atom stereocenters. The quantitative estimate of drug-likeness (QED) is 0.844. The topological polar surface area (TPSA) is 49.4 Å². The smallest absolute Gasteiger partial charge is 0.229 e. The molecule has 0 saturated heterocycles. The third-order valence-electron chi connectivity index (χ3n) is 4.79. The molecule has 2 aliphatic rings. The average Bonchev–Trinajstić information content (AvgIpc) is 3.06. The van der Waals surface area contributed by atoms with Crippen LogP contribution < -0.4 is 10.2 Å². The maximum Gasteiger partial charge on any atom is 0.229 e. The maximum atomic E-state index is 12.5. The van der Waals surface area contributed by atoms with Crippen LogP contribution >= 0.6 is 23.2 Å². The molecular formula is C17H20Cl2N2O2. The van der Waals surface area contributed by atoms with Gasteiger partial charge >= 0.3 is 0 Å². The summed E-state index contributed by atoms with van der Waals surface area (Å²) in [5, 5.41) is 2.78.